The van der Waals surface area contributed by atoms with E-state index in [1.54, 1.807) is 0 Å². The highest BCUT2D eigenvalue weighted by molar-refractivity contribution is 4.75. The number of hydrogen-bond donors (Lipinski definition) is 0. The zero-order valence-corrected chi connectivity index (χ0v) is 10.7. The quantitative estimate of drug-likeness (QED) is 0.329. The van der Waals surface area contributed by atoms with Gasteiger partial charge in [-0.2, -0.15) is 0 Å². The molecule has 0 fully saturated rings. The van der Waals surface area contributed by atoms with Crippen LogP contribution in [0.1, 0.15) is 71.6 Å². The Balaban J connectivity index is 3.17. The maximum absolute atomic E-state index is 3.57. The average Bonchev–Trinajstić information content (AvgIpc) is 2.24. The number of allylic oxidation sites excluding steroid dienone is 1. The third kappa shape index (κ3) is 11.4. The summed E-state index contributed by atoms with van der Waals surface area (Å²) in [7, 11) is 0. The Labute approximate surface area is 96.5 Å². The zero-order valence-electron chi connectivity index (χ0n) is 10.7. The first-order chi connectivity index (χ1) is 7.31. The van der Waals surface area contributed by atoms with Gasteiger partial charge in [-0.15, -0.1) is 5.73 Å². The van der Waals surface area contributed by atoms with Gasteiger partial charge in [0.1, 0.15) is 0 Å². The lowest BCUT2D eigenvalue weighted by atomic mass is 9.97. The Morgan fingerprint density at radius 2 is 1.73 bits per heavy atom. The number of rotatable bonds is 10. The molecule has 0 saturated heterocycles. The zero-order chi connectivity index (χ0) is 11.4. The van der Waals surface area contributed by atoms with Crippen LogP contribution in [-0.2, 0) is 0 Å². The first kappa shape index (κ1) is 14.5. The maximum Gasteiger partial charge on any atom is -0.0274 e. The van der Waals surface area contributed by atoms with Gasteiger partial charge >= 0.3 is 0 Å². The summed E-state index contributed by atoms with van der Waals surface area (Å²) in [5.74, 6) is 0.907. The van der Waals surface area contributed by atoms with Crippen molar-refractivity contribution in [3.63, 3.8) is 0 Å². The lowest BCUT2D eigenvalue weighted by Gasteiger charge is -2.09. The predicted octanol–water partition coefficient (Wildman–Crippen LogP) is 5.49. The van der Waals surface area contributed by atoms with E-state index >= 15 is 0 Å². The molecule has 0 nitrogen and oxygen atoms in total. The van der Waals surface area contributed by atoms with E-state index in [0.29, 0.717) is 0 Å². The van der Waals surface area contributed by atoms with Crippen LogP contribution in [0, 0.1) is 5.92 Å². The molecule has 0 aliphatic carbocycles. The molecule has 0 heterocycles. The summed E-state index contributed by atoms with van der Waals surface area (Å²) in [4.78, 5) is 0. The van der Waals surface area contributed by atoms with E-state index < -0.39 is 0 Å². The molecule has 15 heavy (non-hydrogen) atoms. The third-order valence-corrected chi connectivity index (χ3v) is 2.99. The molecular weight excluding hydrogens is 180 g/mol. The van der Waals surface area contributed by atoms with E-state index in [4.69, 9.17) is 0 Å². The van der Waals surface area contributed by atoms with Gasteiger partial charge in [0.2, 0.25) is 0 Å². The fourth-order valence-electron chi connectivity index (χ4n) is 1.91. The molecule has 0 aromatic rings. The molecule has 1 atom stereocenters. The van der Waals surface area contributed by atoms with Gasteiger partial charge in [0, 0.05) is 0 Å². The Hall–Kier alpha value is -0.480. The van der Waals surface area contributed by atoms with Crippen molar-refractivity contribution < 1.29 is 0 Å². The fraction of sp³-hybridized carbons (Fsp3) is 0.800. The molecule has 0 aromatic heterocycles. The summed E-state index contributed by atoms with van der Waals surface area (Å²) < 4.78 is 0. The fourth-order valence-corrected chi connectivity index (χ4v) is 1.91. The summed E-state index contributed by atoms with van der Waals surface area (Å²) in [6, 6.07) is 0. The van der Waals surface area contributed by atoms with Crippen LogP contribution in [0.25, 0.3) is 0 Å². The van der Waals surface area contributed by atoms with Crippen LogP contribution in [-0.4, -0.2) is 0 Å². The first-order valence-electron chi connectivity index (χ1n) is 6.65. The Morgan fingerprint density at radius 3 is 2.40 bits per heavy atom. The minimum Gasteiger partial charge on any atom is -0.133 e. The van der Waals surface area contributed by atoms with E-state index in [1.807, 2.05) is 6.08 Å². The van der Waals surface area contributed by atoms with Gasteiger partial charge in [-0.1, -0.05) is 65.4 Å². The molecule has 0 spiro atoms. The monoisotopic (exact) mass is 208 g/mol. The second-order valence-corrected chi connectivity index (χ2v) is 4.65. The Kier molecular flexibility index (Phi) is 11.2. The first-order valence-corrected chi connectivity index (χ1v) is 6.65. The summed E-state index contributed by atoms with van der Waals surface area (Å²) in [5.41, 5.74) is 2.83. The van der Waals surface area contributed by atoms with Crippen LogP contribution < -0.4 is 0 Å². The third-order valence-electron chi connectivity index (χ3n) is 2.99. The van der Waals surface area contributed by atoms with Gasteiger partial charge < -0.3 is 0 Å². The van der Waals surface area contributed by atoms with Gasteiger partial charge in [-0.25, -0.2) is 0 Å². The molecule has 0 aromatic carbocycles. The second kappa shape index (κ2) is 11.6. The lowest BCUT2D eigenvalue weighted by molar-refractivity contribution is 0.447. The highest BCUT2D eigenvalue weighted by atomic mass is 14.1. The standard InChI is InChI=1S/C15H28/c1-4-6-8-10-12-14-15(3)13-11-9-7-5-2/h7,15H,2,4,6,8-14H2,1,3H3. The number of hydrogen-bond acceptors (Lipinski definition) is 0. The summed E-state index contributed by atoms with van der Waals surface area (Å²) in [6.07, 6.45) is 14.4. The molecule has 0 aliphatic rings. The van der Waals surface area contributed by atoms with Crippen LogP contribution in [0.4, 0.5) is 0 Å². The molecule has 0 heteroatoms. The molecule has 88 valence electrons. The lowest BCUT2D eigenvalue weighted by Crippen LogP contribution is -1.94. The van der Waals surface area contributed by atoms with Crippen LogP contribution in [0.2, 0.25) is 0 Å². The normalized spacial score (nSPS) is 12.1. The molecule has 0 N–H and O–H groups in total. The van der Waals surface area contributed by atoms with Gasteiger partial charge in [0.15, 0.2) is 0 Å². The Morgan fingerprint density at radius 1 is 1.07 bits per heavy atom. The predicted molar refractivity (Wildman–Crippen MR) is 70.1 cm³/mol. The summed E-state index contributed by atoms with van der Waals surface area (Å²) in [5, 5.41) is 0. The number of unbranched alkanes of at least 4 members (excludes halogenated alkanes) is 5. The topological polar surface area (TPSA) is 0 Å². The van der Waals surface area contributed by atoms with Crippen LogP contribution >= 0.6 is 0 Å². The smallest absolute Gasteiger partial charge is 0.0274 e. The van der Waals surface area contributed by atoms with Crippen molar-refractivity contribution in [2.45, 2.75) is 71.6 Å². The second-order valence-electron chi connectivity index (χ2n) is 4.65. The van der Waals surface area contributed by atoms with Crippen LogP contribution in [0.5, 0.6) is 0 Å². The van der Waals surface area contributed by atoms with E-state index in [1.165, 1.54) is 51.4 Å². The van der Waals surface area contributed by atoms with Gasteiger partial charge in [0.25, 0.3) is 0 Å². The van der Waals surface area contributed by atoms with Crippen molar-refractivity contribution in [1.29, 1.82) is 0 Å². The molecule has 1 unspecified atom stereocenters. The van der Waals surface area contributed by atoms with E-state index in [2.05, 4.69) is 26.2 Å². The SMILES string of the molecule is C=C=CCCCC(C)CCCCCCC. The van der Waals surface area contributed by atoms with E-state index in [9.17, 15) is 0 Å². The molecular formula is C15H28. The van der Waals surface area contributed by atoms with Crippen LogP contribution in [0.3, 0.4) is 0 Å². The van der Waals surface area contributed by atoms with E-state index in [-0.39, 0.29) is 0 Å². The average molecular weight is 208 g/mol. The van der Waals surface area contributed by atoms with Crippen molar-refractivity contribution in [3.05, 3.63) is 18.4 Å². The van der Waals surface area contributed by atoms with Crippen molar-refractivity contribution >= 4 is 0 Å². The van der Waals surface area contributed by atoms with Gasteiger partial charge in [-0.3, -0.25) is 0 Å². The van der Waals surface area contributed by atoms with Gasteiger partial charge in [-0.05, 0) is 24.8 Å². The summed E-state index contributed by atoms with van der Waals surface area (Å²) in [6.45, 7) is 8.23. The highest BCUT2D eigenvalue weighted by Crippen LogP contribution is 2.16. The molecule has 0 bridgehead atoms. The maximum atomic E-state index is 3.57. The summed E-state index contributed by atoms with van der Waals surface area (Å²) >= 11 is 0. The highest BCUT2D eigenvalue weighted by Gasteiger charge is 2.00. The van der Waals surface area contributed by atoms with Crippen molar-refractivity contribution in [3.8, 4) is 0 Å². The largest absolute Gasteiger partial charge is 0.133 e. The molecule has 0 saturated carbocycles. The van der Waals surface area contributed by atoms with Crippen molar-refractivity contribution in [1.82, 2.24) is 0 Å². The van der Waals surface area contributed by atoms with E-state index in [0.717, 1.165) is 12.3 Å². The Bertz CT molecular complexity index is 163. The molecule has 0 aliphatic heterocycles. The minimum atomic E-state index is 0.907. The molecule has 0 rings (SSSR count). The van der Waals surface area contributed by atoms with Crippen molar-refractivity contribution in [2.75, 3.05) is 0 Å². The molecule has 0 amide bonds. The minimum absolute atomic E-state index is 0.907. The van der Waals surface area contributed by atoms with Gasteiger partial charge in [0.05, 0.1) is 0 Å². The van der Waals surface area contributed by atoms with Crippen molar-refractivity contribution in [2.24, 2.45) is 5.92 Å². The van der Waals surface area contributed by atoms with Crippen LogP contribution in [0.15, 0.2) is 18.4 Å². The molecule has 0 radical (unpaired) electrons.